The number of hydrogen-bond donors (Lipinski definition) is 0. The highest BCUT2D eigenvalue weighted by Gasteiger charge is 2.56. The van der Waals surface area contributed by atoms with Crippen LogP contribution in [0.2, 0.25) is 0 Å². The van der Waals surface area contributed by atoms with Gasteiger partial charge in [0, 0.05) is 16.4 Å². The number of nitriles is 1. The summed E-state index contributed by atoms with van der Waals surface area (Å²) in [5, 5.41) is 10.3. The maximum atomic E-state index is 10.3. The van der Waals surface area contributed by atoms with Gasteiger partial charge in [-0.3, -0.25) is 0 Å². The predicted molar refractivity (Wildman–Crippen MR) is 160 cm³/mol. The van der Waals surface area contributed by atoms with Crippen LogP contribution in [0.4, 0.5) is 0 Å². The van der Waals surface area contributed by atoms with Crippen LogP contribution < -0.4 is 4.57 Å². The molecule has 0 radical (unpaired) electrons. The van der Waals surface area contributed by atoms with E-state index >= 15 is 0 Å². The van der Waals surface area contributed by atoms with Gasteiger partial charge in [0.1, 0.15) is 24.0 Å². The zero-order chi connectivity index (χ0) is 28.4. The summed E-state index contributed by atoms with van der Waals surface area (Å²) >= 11 is 0. The molecule has 0 aliphatic heterocycles. The van der Waals surface area contributed by atoms with Gasteiger partial charge >= 0.3 is 0 Å². The zero-order valence-corrected chi connectivity index (χ0v) is 25.4. The minimum absolute atomic E-state index is 0.111. The van der Waals surface area contributed by atoms with E-state index in [4.69, 9.17) is 15.0 Å². The van der Waals surface area contributed by atoms with Crippen molar-refractivity contribution in [2.75, 3.05) is 0 Å². The predicted octanol–water partition coefficient (Wildman–Crippen LogP) is 6.48. The van der Waals surface area contributed by atoms with Crippen LogP contribution in [0.15, 0.2) is 24.5 Å². The Bertz CT molecular complexity index is 1500. The summed E-state index contributed by atoms with van der Waals surface area (Å²) in [6, 6.07) is 6.79. The molecule has 8 bridgehead atoms. The summed E-state index contributed by atoms with van der Waals surface area (Å²) in [4.78, 5) is 16.5. The summed E-state index contributed by atoms with van der Waals surface area (Å²) in [6.45, 7) is 2.07. The fraction of sp³-hybridized carbons (Fsp3) is 0.639. The van der Waals surface area contributed by atoms with Crippen molar-refractivity contribution in [2.45, 2.75) is 94.8 Å². The van der Waals surface area contributed by atoms with Crippen LogP contribution in [-0.2, 0) is 24.9 Å². The SMILES string of the molecule is Cc1c(C#N)cc(-c2nc(C34CC5CC(CC(C5)C3)C4)nc(C34CC5CC(CC(C5)C3)C4)n2)cc1-c1n(C)cc[n+]1C. The Morgan fingerprint density at radius 1 is 0.786 bits per heavy atom. The maximum absolute atomic E-state index is 10.3. The van der Waals surface area contributed by atoms with Gasteiger partial charge in [0.25, 0.3) is 5.82 Å². The molecule has 6 nitrogen and oxygen atoms in total. The van der Waals surface area contributed by atoms with Crippen molar-refractivity contribution in [3.05, 3.63) is 47.3 Å². The van der Waals surface area contributed by atoms with E-state index in [2.05, 4.69) is 54.7 Å². The van der Waals surface area contributed by atoms with E-state index in [1.165, 1.54) is 77.0 Å². The third-order valence-corrected chi connectivity index (χ3v) is 12.9. The normalized spacial score (nSPS) is 37.4. The lowest BCUT2D eigenvalue weighted by Gasteiger charge is -2.57. The van der Waals surface area contributed by atoms with Crippen LogP contribution in [0.5, 0.6) is 0 Å². The molecule has 0 N–H and O–H groups in total. The van der Waals surface area contributed by atoms with Gasteiger partial charge in [-0.15, -0.1) is 0 Å². The third kappa shape index (κ3) is 3.67. The first kappa shape index (κ1) is 25.4. The second-order valence-corrected chi connectivity index (χ2v) is 15.9. The van der Waals surface area contributed by atoms with Crippen molar-refractivity contribution in [1.29, 1.82) is 5.26 Å². The standard InChI is InChI=1S/C36H43N6/c1-21-29(20-37)12-28(13-30(21)32-41(2)4-5-42(32)3)31-38-33(35-14-22-6-23(15-35)8-24(7-22)16-35)40-34(39-31)36-17-25-9-26(18-36)11-27(10-25)19-36/h4-5,12-13,22-27H,6-11,14-19H2,1-3H3/q+1. The second-order valence-electron chi connectivity index (χ2n) is 15.9. The first-order valence-electron chi connectivity index (χ1n) is 16.6. The number of benzene rings is 1. The molecule has 8 saturated carbocycles. The van der Waals surface area contributed by atoms with Crippen molar-refractivity contribution >= 4 is 0 Å². The van der Waals surface area contributed by atoms with Crippen LogP contribution in [0.3, 0.4) is 0 Å². The Kier molecular flexibility index (Phi) is 5.29. The van der Waals surface area contributed by atoms with Gasteiger partial charge in [-0.05, 0) is 137 Å². The Balaban J connectivity index is 1.24. The van der Waals surface area contributed by atoms with E-state index in [0.29, 0.717) is 5.56 Å². The minimum atomic E-state index is 0.111. The van der Waals surface area contributed by atoms with Crippen molar-refractivity contribution in [1.82, 2.24) is 19.5 Å². The molecule has 8 aliphatic carbocycles. The third-order valence-electron chi connectivity index (χ3n) is 12.9. The summed E-state index contributed by atoms with van der Waals surface area (Å²) in [5.41, 5.74) is 3.98. The van der Waals surface area contributed by atoms with Crippen molar-refractivity contribution in [3.63, 3.8) is 0 Å². The highest BCUT2D eigenvalue weighted by molar-refractivity contribution is 5.72. The largest absolute Gasteiger partial charge is 0.288 e. The van der Waals surface area contributed by atoms with Gasteiger partial charge in [-0.2, -0.15) is 5.26 Å². The first-order chi connectivity index (χ1) is 20.3. The Hall–Kier alpha value is -3.07. The van der Waals surface area contributed by atoms with E-state index in [-0.39, 0.29) is 10.8 Å². The molecule has 8 aliphatic rings. The van der Waals surface area contributed by atoms with Crippen molar-refractivity contribution in [2.24, 2.45) is 49.6 Å². The lowest BCUT2D eigenvalue weighted by Crippen LogP contribution is -2.51. The Morgan fingerprint density at radius 3 is 1.67 bits per heavy atom. The summed E-state index contributed by atoms with van der Waals surface area (Å²) in [5.74, 6) is 9.13. The second kappa shape index (κ2) is 8.74. The summed E-state index contributed by atoms with van der Waals surface area (Å²) in [7, 11) is 4.15. The quantitative estimate of drug-likeness (QED) is 0.343. The molecule has 0 unspecified atom stereocenters. The van der Waals surface area contributed by atoms with E-state index in [9.17, 15) is 5.26 Å². The Morgan fingerprint density at radius 2 is 1.26 bits per heavy atom. The van der Waals surface area contributed by atoms with Crippen LogP contribution in [0.25, 0.3) is 22.8 Å². The molecule has 2 aromatic heterocycles. The van der Waals surface area contributed by atoms with Gasteiger partial charge in [-0.1, -0.05) is 0 Å². The number of aryl methyl sites for hydroxylation is 2. The minimum Gasteiger partial charge on any atom is -0.233 e. The van der Waals surface area contributed by atoms with E-state index in [0.717, 1.165) is 75.5 Å². The topological polar surface area (TPSA) is 71.3 Å². The fourth-order valence-electron chi connectivity index (χ4n) is 11.9. The van der Waals surface area contributed by atoms with Crippen molar-refractivity contribution < 1.29 is 4.57 Å². The van der Waals surface area contributed by atoms with Crippen LogP contribution >= 0.6 is 0 Å². The molecule has 1 aromatic carbocycles. The highest BCUT2D eigenvalue weighted by atomic mass is 15.1. The van der Waals surface area contributed by atoms with Gasteiger partial charge in [0.2, 0.25) is 0 Å². The molecule has 3 aromatic rings. The fourth-order valence-corrected chi connectivity index (χ4v) is 11.9. The summed E-state index contributed by atoms with van der Waals surface area (Å²) < 4.78 is 4.28. The molecule has 42 heavy (non-hydrogen) atoms. The van der Waals surface area contributed by atoms with E-state index < -0.39 is 0 Å². The first-order valence-corrected chi connectivity index (χ1v) is 16.6. The van der Waals surface area contributed by atoms with Crippen LogP contribution in [0.1, 0.15) is 99.8 Å². The highest BCUT2D eigenvalue weighted by Crippen LogP contribution is 2.62. The molecule has 8 fully saturated rings. The molecule has 11 rings (SSSR count). The van der Waals surface area contributed by atoms with E-state index in [1.54, 1.807) is 0 Å². The molecular formula is C36H43N6+. The number of hydrogen-bond acceptors (Lipinski definition) is 4. The van der Waals surface area contributed by atoms with Crippen molar-refractivity contribution in [3.8, 4) is 28.8 Å². The van der Waals surface area contributed by atoms with Crippen LogP contribution in [-0.4, -0.2) is 19.5 Å². The lowest BCUT2D eigenvalue weighted by atomic mass is 9.49. The lowest BCUT2D eigenvalue weighted by molar-refractivity contribution is -0.659. The molecule has 0 amide bonds. The molecule has 2 heterocycles. The number of nitrogens with zero attached hydrogens (tertiary/aromatic N) is 6. The number of imidazole rings is 1. The van der Waals surface area contributed by atoms with Gasteiger partial charge in [-0.25, -0.2) is 24.1 Å². The molecule has 0 spiro atoms. The Labute approximate surface area is 249 Å². The molecule has 0 atom stereocenters. The average Bonchev–Trinajstić information content (AvgIpc) is 3.29. The zero-order valence-electron chi connectivity index (χ0n) is 25.4. The molecule has 6 heteroatoms. The molecule has 216 valence electrons. The molecular weight excluding hydrogens is 516 g/mol. The number of rotatable bonds is 4. The average molecular weight is 560 g/mol. The van der Waals surface area contributed by atoms with E-state index in [1.807, 2.05) is 6.07 Å². The maximum Gasteiger partial charge on any atom is 0.288 e. The summed E-state index contributed by atoms with van der Waals surface area (Å²) in [6.07, 6.45) is 20.2. The van der Waals surface area contributed by atoms with Gasteiger partial charge in [0.05, 0.1) is 31.3 Å². The van der Waals surface area contributed by atoms with Gasteiger partial charge < -0.3 is 0 Å². The van der Waals surface area contributed by atoms with Crippen LogP contribution in [0, 0.1) is 53.8 Å². The van der Waals surface area contributed by atoms with Gasteiger partial charge in [0.15, 0.2) is 5.82 Å². The smallest absolute Gasteiger partial charge is 0.233 e. The molecule has 0 saturated heterocycles. The number of aromatic nitrogens is 5. The monoisotopic (exact) mass is 559 g/mol.